The van der Waals surface area contributed by atoms with Gasteiger partial charge in [-0.2, -0.15) is 0 Å². The summed E-state index contributed by atoms with van der Waals surface area (Å²) < 4.78 is 34.3. The maximum absolute atomic E-state index is 13.0. The summed E-state index contributed by atoms with van der Waals surface area (Å²) in [5.74, 6) is -0.245. The first-order valence-electron chi connectivity index (χ1n) is 5.35. The van der Waals surface area contributed by atoms with Crippen molar-refractivity contribution in [2.75, 3.05) is 12.3 Å². The number of nitrogens with two attached hydrogens (primary N) is 1. The minimum atomic E-state index is -3.37. The molecule has 0 atom stereocenters. The van der Waals surface area contributed by atoms with Gasteiger partial charge in [-0.15, -0.1) is 0 Å². The van der Waals surface area contributed by atoms with Crippen molar-refractivity contribution in [3.63, 3.8) is 0 Å². The van der Waals surface area contributed by atoms with E-state index in [4.69, 9.17) is 5.14 Å². The number of rotatable bonds is 6. The molecular formula is C11H17FN2O2S. The number of hydrogen-bond donors (Lipinski definition) is 2. The number of halogens is 1. The van der Waals surface area contributed by atoms with Gasteiger partial charge in [0.2, 0.25) is 10.0 Å². The lowest BCUT2D eigenvalue weighted by atomic mass is 10.1. The molecule has 0 amide bonds. The summed E-state index contributed by atoms with van der Waals surface area (Å²) in [5.41, 5.74) is 1.58. The smallest absolute Gasteiger partial charge is 0.209 e. The molecule has 0 aromatic heterocycles. The van der Waals surface area contributed by atoms with Gasteiger partial charge >= 0.3 is 0 Å². The zero-order valence-corrected chi connectivity index (χ0v) is 10.6. The molecule has 3 N–H and O–H groups in total. The molecule has 0 fully saturated rings. The van der Waals surface area contributed by atoms with Gasteiger partial charge in [-0.3, -0.25) is 0 Å². The molecule has 96 valence electrons. The lowest BCUT2D eigenvalue weighted by Crippen LogP contribution is -2.22. The molecule has 6 heteroatoms. The van der Waals surface area contributed by atoms with E-state index >= 15 is 0 Å². The SMILES string of the molecule is Cc1cc(CNCCCS(N)(=O)=O)ccc1F. The average Bonchev–Trinajstić information content (AvgIpc) is 2.21. The van der Waals surface area contributed by atoms with Crippen LogP contribution in [-0.2, 0) is 16.6 Å². The Labute approximate surface area is 101 Å². The molecule has 0 spiro atoms. The van der Waals surface area contributed by atoms with Crippen LogP contribution in [0.25, 0.3) is 0 Å². The van der Waals surface area contributed by atoms with E-state index < -0.39 is 10.0 Å². The summed E-state index contributed by atoms with van der Waals surface area (Å²) in [6.45, 7) is 2.86. The van der Waals surface area contributed by atoms with Crippen molar-refractivity contribution in [3.8, 4) is 0 Å². The predicted octanol–water partition coefficient (Wildman–Crippen LogP) is 0.902. The van der Waals surface area contributed by atoms with Crippen LogP contribution in [0.15, 0.2) is 18.2 Å². The molecule has 4 nitrogen and oxygen atoms in total. The highest BCUT2D eigenvalue weighted by Gasteiger charge is 2.02. The van der Waals surface area contributed by atoms with Crippen LogP contribution in [0.4, 0.5) is 4.39 Å². The van der Waals surface area contributed by atoms with Crippen LogP contribution in [0.2, 0.25) is 0 Å². The van der Waals surface area contributed by atoms with Gasteiger partial charge in [0.15, 0.2) is 0 Å². The first-order chi connectivity index (χ1) is 7.88. The van der Waals surface area contributed by atoms with Crippen molar-refractivity contribution in [2.45, 2.75) is 19.9 Å². The van der Waals surface area contributed by atoms with E-state index in [9.17, 15) is 12.8 Å². The summed E-state index contributed by atoms with van der Waals surface area (Å²) in [7, 11) is -3.37. The molecule has 1 aromatic carbocycles. The fourth-order valence-corrected chi connectivity index (χ4v) is 1.99. The number of sulfonamides is 1. The molecule has 0 saturated heterocycles. The van der Waals surface area contributed by atoms with Crippen molar-refractivity contribution < 1.29 is 12.8 Å². The highest BCUT2D eigenvalue weighted by Crippen LogP contribution is 2.08. The van der Waals surface area contributed by atoms with E-state index in [1.807, 2.05) is 0 Å². The summed E-state index contributed by atoms with van der Waals surface area (Å²) in [6, 6.07) is 4.90. The summed E-state index contributed by atoms with van der Waals surface area (Å²) in [4.78, 5) is 0. The second kappa shape index (κ2) is 6.09. The molecule has 0 bridgehead atoms. The quantitative estimate of drug-likeness (QED) is 0.747. The first-order valence-corrected chi connectivity index (χ1v) is 7.06. The molecular weight excluding hydrogens is 243 g/mol. The second-order valence-corrected chi connectivity index (χ2v) is 5.71. The molecule has 1 rings (SSSR count). The van der Waals surface area contributed by atoms with Crippen LogP contribution in [0.1, 0.15) is 17.5 Å². The molecule has 0 radical (unpaired) electrons. The Kier molecular flexibility index (Phi) is 5.04. The first kappa shape index (κ1) is 14.1. The third-order valence-corrected chi connectivity index (χ3v) is 3.19. The Balaban J connectivity index is 2.29. The number of benzene rings is 1. The zero-order chi connectivity index (χ0) is 12.9. The molecule has 17 heavy (non-hydrogen) atoms. The van der Waals surface area contributed by atoms with Crippen molar-refractivity contribution in [1.29, 1.82) is 0 Å². The third kappa shape index (κ3) is 5.76. The van der Waals surface area contributed by atoms with E-state index in [2.05, 4.69) is 5.32 Å². The Bertz CT molecular complexity index is 474. The Morgan fingerprint density at radius 2 is 2.12 bits per heavy atom. The molecule has 0 aliphatic rings. The second-order valence-electron chi connectivity index (χ2n) is 3.98. The minimum Gasteiger partial charge on any atom is -0.313 e. The van der Waals surface area contributed by atoms with Crippen molar-refractivity contribution in [3.05, 3.63) is 35.1 Å². The van der Waals surface area contributed by atoms with Crippen LogP contribution in [0.5, 0.6) is 0 Å². The van der Waals surface area contributed by atoms with Crippen LogP contribution < -0.4 is 10.5 Å². The molecule has 0 saturated carbocycles. The van der Waals surface area contributed by atoms with Gasteiger partial charge in [-0.05, 0) is 37.1 Å². The number of hydrogen-bond acceptors (Lipinski definition) is 3. The molecule has 0 aliphatic heterocycles. The summed E-state index contributed by atoms with van der Waals surface area (Å²) in [5, 5.41) is 7.95. The van der Waals surface area contributed by atoms with Gasteiger partial charge in [0.25, 0.3) is 0 Å². The number of nitrogens with one attached hydrogen (secondary N) is 1. The monoisotopic (exact) mass is 260 g/mol. The Hall–Kier alpha value is -0.980. The third-order valence-electron chi connectivity index (χ3n) is 2.33. The van der Waals surface area contributed by atoms with Gasteiger partial charge in [-0.1, -0.05) is 12.1 Å². The van der Waals surface area contributed by atoms with Gasteiger partial charge in [-0.25, -0.2) is 17.9 Å². The largest absolute Gasteiger partial charge is 0.313 e. The lowest BCUT2D eigenvalue weighted by molar-refractivity contribution is 0.590. The average molecular weight is 260 g/mol. The highest BCUT2D eigenvalue weighted by atomic mass is 32.2. The predicted molar refractivity (Wildman–Crippen MR) is 65.4 cm³/mol. The fourth-order valence-electron chi connectivity index (χ4n) is 1.45. The van der Waals surface area contributed by atoms with Crippen LogP contribution in [-0.4, -0.2) is 20.7 Å². The van der Waals surface area contributed by atoms with Crippen molar-refractivity contribution in [2.24, 2.45) is 5.14 Å². The topological polar surface area (TPSA) is 72.2 Å². The number of aryl methyl sites for hydroxylation is 1. The molecule has 1 aromatic rings. The normalized spacial score (nSPS) is 11.7. The highest BCUT2D eigenvalue weighted by molar-refractivity contribution is 7.89. The van der Waals surface area contributed by atoms with E-state index in [1.165, 1.54) is 6.07 Å². The van der Waals surface area contributed by atoms with Crippen LogP contribution in [0, 0.1) is 12.7 Å². The lowest BCUT2D eigenvalue weighted by Gasteiger charge is -2.05. The summed E-state index contributed by atoms with van der Waals surface area (Å²) >= 11 is 0. The van der Waals surface area contributed by atoms with E-state index in [0.29, 0.717) is 25.1 Å². The summed E-state index contributed by atoms with van der Waals surface area (Å²) in [6.07, 6.45) is 0.471. The van der Waals surface area contributed by atoms with E-state index in [1.54, 1.807) is 19.1 Å². The fraction of sp³-hybridized carbons (Fsp3) is 0.455. The molecule has 0 unspecified atom stereocenters. The van der Waals surface area contributed by atoms with Gasteiger partial charge in [0, 0.05) is 6.54 Å². The van der Waals surface area contributed by atoms with E-state index in [0.717, 1.165) is 5.56 Å². The van der Waals surface area contributed by atoms with Crippen molar-refractivity contribution >= 4 is 10.0 Å². The molecule has 0 aliphatic carbocycles. The standard InChI is InChI=1S/C11H17FN2O2S/c1-9-7-10(3-4-11(9)12)8-14-5-2-6-17(13,15)16/h3-4,7,14H,2,5-6,8H2,1H3,(H2,13,15,16). The van der Waals surface area contributed by atoms with Gasteiger partial charge < -0.3 is 5.32 Å². The zero-order valence-electron chi connectivity index (χ0n) is 9.74. The van der Waals surface area contributed by atoms with Crippen LogP contribution >= 0.6 is 0 Å². The number of primary sulfonamides is 1. The van der Waals surface area contributed by atoms with Gasteiger partial charge in [0.1, 0.15) is 5.82 Å². The van der Waals surface area contributed by atoms with Crippen molar-refractivity contribution in [1.82, 2.24) is 5.32 Å². The van der Waals surface area contributed by atoms with Crippen LogP contribution in [0.3, 0.4) is 0 Å². The maximum atomic E-state index is 13.0. The van der Waals surface area contributed by atoms with Gasteiger partial charge in [0.05, 0.1) is 5.75 Å². The molecule has 0 heterocycles. The maximum Gasteiger partial charge on any atom is 0.209 e. The Morgan fingerprint density at radius 1 is 1.41 bits per heavy atom. The Morgan fingerprint density at radius 3 is 2.71 bits per heavy atom. The van der Waals surface area contributed by atoms with E-state index in [-0.39, 0.29) is 11.6 Å². The minimum absolute atomic E-state index is 0.0254.